The highest BCUT2D eigenvalue weighted by molar-refractivity contribution is 5.77. The summed E-state index contributed by atoms with van der Waals surface area (Å²) in [6.45, 7) is 0. The van der Waals surface area contributed by atoms with Crippen molar-refractivity contribution in [2.24, 2.45) is 11.8 Å². The van der Waals surface area contributed by atoms with E-state index in [2.05, 4.69) is 5.48 Å². The van der Waals surface area contributed by atoms with E-state index in [1.807, 2.05) is 0 Å². The Labute approximate surface area is 110 Å². The first-order valence-electron chi connectivity index (χ1n) is 6.99. The van der Waals surface area contributed by atoms with E-state index in [0.29, 0.717) is 12.8 Å². The maximum absolute atomic E-state index is 12.5. The molecule has 110 valence electrons. The molecule has 0 spiro atoms. The SMILES string of the molecule is O=C(NOC1CCCC1)C1CCC(C(F)(F)F)CC1. The first-order chi connectivity index (χ1) is 8.97. The van der Waals surface area contributed by atoms with E-state index < -0.39 is 12.1 Å². The lowest BCUT2D eigenvalue weighted by molar-refractivity contribution is -0.185. The van der Waals surface area contributed by atoms with Gasteiger partial charge >= 0.3 is 6.18 Å². The van der Waals surface area contributed by atoms with Crippen LogP contribution in [0.25, 0.3) is 0 Å². The molecule has 0 unspecified atom stereocenters. The fourth-order valence-corrected chi connectivity index (χ4v) is 2.91. The highest BCUT2D eigenvalue weighted by Gasteiger charge is 2.42. The Balaban J connectivity index is 1.70. The average molecular weight is 279 g/mol. The highest BCUT2D eigenvalue weighted by Crippen LogP contribution is 2.39. The number of carbonyl (C=O) groups is 1. The minimum atomic E-state index is -4.12. The molecule has 2 aliphatic carbocycles. The molecule has 3 nitrogen and oxygen atoms in total. The third kappa shape index (κ3) is 4.09. The molecule has 2 rings (SSSR count). The minimum Gasteiger partial charge on any atom is -0.273 e. The quantitative estimate of drug-likeness (QED) is 0.805. The standard InChI is InChI=1S/C13H20F3NO2/c14-13(15,16)10-7-5-9(6-8-10)12(18)17-19-11-3-1-2-4-11/h9-11H,1-8H2,(H,17,18). The van der Waals surface area contributed by atoms with Gasteiger partial charge < -0.3 is 0 Å². The van der Waals surface area contributed by atoms with Crippen LogP contribution >= 0.6 is 0 Å². The number of hydrogen-bond acceptors (Lipinski definition) is 2. The molecule has 2 aliphatic rings. The summed E-state index contributed by atoms with van der Waals surface area (Å²) >= 11 is 0. The zero-order valence-corrected chi connectivity index (χ0v) is 10.8. The maximum atomic E-state index is 12.5. The Morgan fingerprint density at radius 2 is 1.58 bits per heavy atom. The van der Waals surface area contributed by atoms with E-state index in [9.17, 15) is 18.0 Å². The second kappa shape index (κ2) is 6.11. The Morgan fingerprint density at radius 3 is 2.11 bits per heavy atom. The normalized spacial score (nSPS) is 29.4. The molecule has 0 aromatic rings. The van der Waals surface area contributed by atoms with Crippen LogP contribution in [-0.2, 0) is 9.63 Å². The van der Waals surface area contributed by atoms with E-state index >= 15 is 0 Å². The molecular weight excluding hydrogens is 259 g/mol. The van der Waals surface area contributed by atoms with Crippen LogP contribution < -0.4 is 5.48 Å². The van der Waals surface area contributed by atoms with Gasteiger partial charge in [0.05, 0.1) is 12.0 Å². The summed E-state index contributed by atoms with van der Waals surface area (Å²) in [6.07, 6.45) is 0.748. The minimum absolute atomic E-state index is 0.0466. The number of hydrogen-bond donors (Lipinski definition) is 1. The van der Waals surface area contributed by atoms with Gasteiger partial charge in [0, 0.05) is 5.92 Å². The number of carbonyl (C=O) groups excluding carboxylic acids is 1. The molecule has 1 amide bonds. The molecule has 6 heteroatoms. The van der Waals surface area contributed by atoms with E-state index in [1.165, 1.54) is 0 Å². The molecule has 2 saturated carbocycles. The smallest absolute Gasteiger partial charge is 0.273 e. The van der Waals surface area contributed by atoms with Crippen LogP contribution in [0.1, 0.15) is 51.4 Å². The number of hydroxylamine groups is 1. The molecular formula is C13H20F3NO2. The predicted molar refractivity (Wildman–Crippen MR) is 63.0 cm³/mol. The molecule has 1 N–H and O–H groups in total. The second-order valence-electron chi connectivity index (χ2n) is 5.58. The average Bonchev–Trinajstić information content (AvgIpc) is 2.88. The van der Waals surface area contributed by atoms with Crippen LogP contribution in [0.4, 0.5) is 13.2 Å². The van der Waals surface area contributed by atoms with Crippen LogP contribution in [0.3, 0.4) is 0 Å². The van der Waals surface area contributed by atoms with Crippen molar-refractivity contribution in [1.82, 2.24) is 5.48 Å². The molecule has 0 aromatic heterocycles. The van der Waals surface area contributed by atoms with Gasteiger partial charge in [-0.25, -0.2) is 5.48 Å². The molecule has 0 atom stereocenters. The Morgan fingerprint density at radius 1 is 1.00 bits per heavy atom. The number of amides is 1. The third-order valence-corrected chi connectivity index (χ3v) is 4.19. The summed E-state index contributed by atoms with van der Waals surface area (Å²) in [5.41, 5.74) is 2.43. The molecule has 0 aliphatic heterocycles. The number of rotatable bonds is 3. The number of alkyl halides is 3. The largest absolute Gasteiger partial charge is 0.391 e. The Hall–Kier alpha value is -0.780. The predicted octanol–water partition coefficient (Wildman–Crippen LogP) is 3.35. The van der Waals surface area contributed by atoms with Crippen molar-refractivity contribution in [3.8, 4) is 0 Å². The lowest BCUT2D eigenvalue weighted by atomic mass is 9.81. The van der Waals surface area contributed by atoms with E-state index in [4.69, 9.17) is 4.84 Å². The van der Waals surface area contributed by atoms with Crippen molar-refractivity contribution >= 4 is 5.91 Å². The second-order valence-corrected chi connectivity index (χ2v) is 5.58. The molecule has 0 bridgehead atoms. The van der Waals surface area contributed by atoms with Crippen LogP contribution in [-0.4, -0.2) is 18.2 Å². The van der Waals surface area contributed by atoms with Crippen molar-refractivity contribution in [3.63, 3.8) is 0 Å². The first kappa shape index (κ1) is 14.6. The van der Waals surface area contributed by atoms with Gasteiger partial charge in [-0.1, -0.05) is 12.8 Å². The summed E-state index contributed by atoms with van der Waals surface area (Å²) in [5, 5.41) is 0. The number of nitrogens with one attached hydrogen (secondary N) is 1. The fourth-order valence-electron chi connectivity index (χ4n) is 2.91. The summed E-state index contributed by atoms with van der Waals surface area (Å²) < 4.78 is 37.5. The zero-order valence-electron chi connectivity index (χ0n) is 10.8. The summed E-state index contributed by atoms with van der Waals surface area (Å²) in [6, 6.07) is 0. The van der Waals surface area contributed by atoms with Gasteiger partial charge in [-0.3, -0.25) is 9.63 Å². The summed E-state index contributed by atoms with van der Waals surface area (Å²) in [7, 11) is 0. The topological polar surface area (TPSA) is 38.3 Å². The summed E-state index contributed by atoms with van der Waals surface area (Å²) in [4.78, 5) is 17.1. The monoisotopic (exact) mass is 279 g/mol. The molecule has 0 heterocycles. The Bertz CT molecular complexity index is 306. The molecule has 0 radical (unpaired) electrons. The molecule has 0 aromatic carbocycles. The van der Waals surface area contributed by atoms with Gasteiger partial charge in [0.25, 0.3) is 0 Å². The summed E-state index contributed by atoms with van der Waals surface area (Å²) in [5.74, 6) is -1.83. The Kier molecular flexibility index (Phi) is 4.71. The lowest BCUT2D eigenvalue weighted by Crippen LogP contribution is -2.37. The van der Waals surface area contributed by atoms with Gasteiger partial charge in [0.15, 0.2) is 0 Å². The van der Waals surface area contributed by atoms with Gasteiger partial charge in [-0.05, 0) is 38.5 Å². The molecule has 0 saturated heterocycles. The van der Waals surface area contributed by atoms with Crippen LogP contribution in [0.5, 0.6) is 0 Å². The van der Waals surface area contributed by atoms with E-state index in [1.54, 1.807) is 0 Å². The highest BCUT2D eigenvalue weighted by atomic mass is 19.4. The van der Waals surface area contributed by atoms with Gasteiger partial charge in [0.1, 0.15) is 0 Å². The van der Waals surface area contributed by atoms with Crippen molar-refractivity contribution in [3.05, 3.63) is 0 Å². The van der Waals surface area contributed by atoms with Crippen LogP contribution in [0.2, 0.25) is 0 Å². The zero-order chi connectivity index (χ0) is 13.9. The molecule has 19 heavy (non-hydrogen) atoms. The lowest BCUT2D eigenvalue weighted by Gasteiger charge is -2.29. The van der Waals surface area contributed by atoms with Crippen molar-refractivity contribution in [2.45, 2.75) is 63.6 Å². The van der Waals surface area contributed by atoms with Gasteiger partial charge in [-0.2, -0.15) is 13.2 Å². The molecule has 2 fully saturated rings. The van der Waals surface area contributed by atoms with Crippen molar-refractivity contribution in [1.29, 1.82) is 0 Å². The van der Waals surface area contributed by atoms with E-state index in [0.717, 1.165) is 25.7 Å². The number of halogens is 3. The van der Waals surface area contributed by atoms with Crippen molar-refractivity contribution in [2.75, 3.05) is 0 Å². The van der Waals surface area contributed by atoms with Crippen molar-refractivity contribution < 1.29 is 22.8 Å². The fraction of sp³-hybridized carbons (Fsp3) is 0.923. The maximum Gasteiger partial charge on any atom is 0.391 e. The first-order valence-corrected chi connectivity index (χ1v) is 6.99. The van der Waals surface area contributed by atoms with Crippen LogP contribution in [0, 0.1) is 11.8 Å². The third-order valence-electron chi connectivity index (χ3n) is 4.19. The van der Waals surface area contributed by atoms with E-state index in [-0.39, 0.29) is 30.8 Å². The van der Waals surface area contributed by atoms with Crippen LogP contribution in [0.15, 0.2) is 0 Å². The van der Waals surface area contributed by atoms with Gasteiger partial charge in [-0.15, -0.1) is 0 Å². The van der Waals surface area contributed by atoms with Gasteiger partial charge in [0.2, 0.25) is 5.91 Å².